The minimum absolute atomic E-state index is 0.201. The van der Waals surface area contributed by atoms with E-state index in [4.69, 9.17) is 16.3 Å². The van der Waals surface area contributed by atoms with Crippen molar-refractivity contribution in [3.63, 3.8) is 0 Å². The van der Waals surface area contributed by atoms with Crippen molar-refractivity contribution in [1.82, 2.24) is 5.32 Å². The van der Waals surface area contributed by atoms with Gasteiger partial charge in [0, 0.05) is 5.69 Å². The maximum atomic E-state index is 12.7. The molecular weight excluding hydrogens is 376 g/mol. The number of carbonyl (C=O) groups excluding carboxylic acids is 1. The minimum Gasteiger partial charge on any atom is -0.497 e. The van der Waals surface area contributed by atoms with Crippen LogP contribution in [0, 0.1) is 0 Å². The van der Waals surface area contributed by atoms with E-state index in [9.17, 15) is 13.2 Å². The molecule has 0 unspecified atom stereocenters. The molecule has 2 rings (SSSR count). The highest BCUT2D eigenvalue weighted by Gasteiger charge is 2.17. The first kappa shape index (κ1) is 20.1. The summed E-state index contributed by atoms with van der Waals surface area (Å²) in [6.07, 6.45) is 1.72. The maximum Gasteiger partial charge on any atom is 0.253 e. The molecule has 6 nitrogen and oxygen atoms in total. The van der Waals surface area contributed by atoms with Gasteiger partial charge >= 0.3 is 0 Å². The second kappa shape index (κ2) is 8.42. The molecule has 2 N–H and O–H groups in total. The zero-order valence-corrected chi connectivity index (χ0v) is 16.3. The van der Waals surface area contributed by atoms with Crippen LogP contribution < -0.4 is 14.8 Å². The van der Waals surface area contributed by atoms with Crippen molar-refractivity contribution in [1.29, 1.82) is 0 Å². The van der Waals surface area contributed by atoms with Crippen LogP contribution in [0.2, 0.25) is 5.02 Å². The Labute approximate surface area is 158 Å². The highest BCUT2D eigenvalue weighted by molar-refractivity contribution is 7.92. The van der Waals surface area contributed by atoms with Crippen LogP contribution in [0.15, 0.2) is 42.5 Å². The van der Waals surface area contributed by atoms with Crippen LogP contribution in [0.25, 0.3) is 0 Å². The van der Waals surface area contributed by atoms with E-state index in [1.165, 1.54) is 18.2 Å². The van der Waals surface area contributed by atoms with Crippen molar-refractivity contribution in [2.75, 3.05) is 18.1 Å². The van der Waals surface area contributed by atoms with Gasteiger partial charge in [-0.15, -0.1) is 0 Å². The Morgan fingerprint density at radius 1 is 1.19 bits per heavy atom. The number of rotatable bonds is 7. The van der Waals surface area contributed by atoms with E-state index in [-0.39, 0.29) is 28.2 Å². The quantitative estimate of drug-likeness (QED) is 0.748. The molecule has 0 fully saturated rings. The Hall–Kier alpha value is -2.25. The zero-order chi connectivity index (χ0) is 19.3. The van der Waals surface area contributed by atoms with Crippen LogP contribution >= 0.6 is 11.6 Å². The summed E-state index contributed by atoms with van der Waals surface area (Å²) in [5.74, 6) is 0.354. The van der Waals surface area contributed by atoms with Crippen molar-refractivity contribution < 1.29 is 17.9 Å². The van der Waals surface area contributed by atoms with Gasteiger partial charge in [0.1, 0.15) is 5.75 Å². The number of halogens is 1. The van der Waals surface area contributed by atoms with Crippen molar-refractivity contribution in [2.24, 2.45) is 0 Å². The summed E-state index contributed by atoms with van der Waals surface area (Å²) in [6.45, 7) is 1.96. The summed E-state index contributed by atoms with van der Waals surface area (Å²) in [7, 11) is -1.86. The lowest BCUT2D eigenvalue weighted by Crippen LogP contribution is -2.28. The van der Waals surface area contributed by atoms with Crippen molar-refractivity contribution in [3.05, 3.63) is 58.6 Å². The van der Waals surface area contributed by atoms with Crippen LogP contribution in [0.3, 0.4) is 0 Å². The molecule has 0 heterocycles. The Kier molecular flexibility index (Phi) is 6.50. The average Bonchev–Trinajstić information content (AvgIpc) is 2.60. The Bertz CT molecular complexity index is 883. The Morgan fingerprint density at radius 2 is 1.85 bits per heavy atom. The molecule has 2 aromatic rings. The second-order valence-corrected chi connectivity index (χ2v) is 7.93. The highest BCUT2D eigenvalue weighted by atomic mass is 35.5. The Morgan fingerprint density at radius 3 is 2.38 bits per heavy atom. The summed E-state index contributed by atoms with van der Waals surface area (Å²) in [5.41, 5.74) is 1.41. The number of carbonyl (C=O) groups is 1. The fraction of sp³-hybridized carbons (Fsp3) is 0.278. The first-order valence-corrected chi connectivity index (χ1v) is 10.2. The van der Waals surface area contributed by atoms with Gasteiger partial charge in [-0.2, -0.15) is 0 Å². The van der Waals surface area contributed by atoms with Gasteiger partial charge in [0.25, 0.3) is 5.91 Å². The third kappa shape index (κ3) is 5.37. The van der Waals surface area contributed by atoms with Crippen molar-refractivity contribution in [3.8, 4) is 5.75 Å². The minimum atomic E-state index is -3.45. The number of methoxy groups -OCH3 is 1. The fourth-order valence-electron chi connectivity index (χ4n) is 2.47. The molecule has 0 aromatic heterocycles. The van der Waals surface area contributed by atoms with Crippen molar-refractivity contribution >= 4 is 33.2 Å². The van der Waals surface area contributed by atoms with Gasteiger partial charge in [-0.1, -0.05) is 30.7 Å². The molecule has 140 valence electrons. The molecule has 8 heteroatoms. The van der Waals surface area contributed by atoms with Gasteiger partial charge in [-0.25, -0.2) is 8.42 Å². The van der Waals surface area contributed by atoms with E-state index < -0.39 is 10.0 Å². The number of amides is 1. The number of ether oxygens (including phenoxy) is 1. The molecule has 0 radical (unpaired) electrons. The number of sulfonamides is 1. The Balaban J connectivity index is 2.22. The molecule has 2 aromatic carbocycles. The molecule has 1 amide bonds. The van der Waals surface area contributed by atoms with E-state index in [1.807, 2.05) is 31.2 Å². The van der Waals surface area contributed by atoms with Gasteiger partial charge in [0.05, 0.1) is 30.0 Å². The third-order valence-electron chi connectivity index (χ3n) is 3.75. The predicted molar refractivity (Wildman–Crippen MR) is 103 cm³/mol. The molecule has 0 aliphatic heterocycles. The molecule has 0 saturated heterocycles. The van der Waals surface area contributed by atoms with Crippen LogP contribution in [0.4, 0.5) is 5.69 Å². The van der Waals surface area contributed by atoms with Gasteiger partial charge in [0.2, 0.25) is 10.0 Å². The monoisotopic (exact) mass is 396 g/mol. The molecule has 0 spiro atoms. The first-order chi connectivity index (χ1) is 12.2. The summed E-state index contributed by atoms with van der Waals surface area (Å²) >= 11 is 6.12. The smallest absolute Gasteiger partial charge is 0.253 e. The number of nitrogens with one attached hydrogen (secondary N) is 2. The number of hydrogen-bond donors (Lipinski definition) is 2. The lowest BCUT2D eigenvalue weighted by Gasteiger charge is -2.18. The number of anilines is 1. The summed E-state index contributed by atoms with van der Waals surface area (Å²) < 4.78 is 30.2. The third-order valence-corrected chi connectivity index (χ3v) is 4.68. The number of benzene rings is 2. The van der Waals surface area contributed by atoms with Crippen molar-refractivity contribution in [2.45, 2.75) is 19.4 Å². The molecule has 0 bridgehead atoms. The molecule has 0 aliphatic carbocycles. The van der Waals surface area contributed by atoms with Crippen LogP contribution in [-0.4, -0.2) is 27.7 Å². The molecule has 0 saturated carbocycles. The van der Waals surface area contributed by atoms with Crippen LogP contribution in [0.5, 0.6) is 5.75 Å². The molecule has 0 aliphatic rings. The van der Waals surface area contributed by atoms with E-state index >= 15 is 0 Å². The van der Waals surface area contributed by atoms with Gasteiger partial charge in [-0.05, 0) is 42.3 Å². The summed E-state index contributed by atoms with van der Waals surface area (Å²) in [6, 6.07) is 11.6. The second-order valence-electron chi connectivity index (χ2n) is 5.78. The molecule has 26 heavy (non-hydrogen) atoms. The van der Waals surface area contributed by atoms with E-state index in [0.717, 1.165) is 17.6 Å². The number of hydrogen-bond acceptors (Lipinski definition) is 4. The zero-order valence-electron chi connectivity index (χ0n) is 14.7. The predicted octanol–water partition coefficient (Wildman–Crippen LogP) is 3.60. The van der Waals surface area contributed by atoms with Crippen LogP contribution in [-0.2, 0) is 10.0 Å². The van der Waals surface area contributed by atoms with Gasteiger partial charge in [0.15, 0.2) is 0 Å². The van der Waals surface area contributed by atoms with Crippen LogP contribution in [0.1, 0.15) is 35.3 Å². The summed E-state index contributed by atoms with van der Waals surface area (Å²) in [4.78, 5) is 12.7. The SMILES string of the molecule is CC[C@@H](NC(=O)c1cc(NS(C)(=O)=O)ccc1Cl)c1ccc(OC)cc1. The van der Waals surface area contributed by atoms with E-state index in [1.54, 1.807) is 7.11 Å². The summed E-state index contributed by atoms with van der Waals surface area (Å²) in [5, 5.41) is 3.17. The average molecular weight is 397 g/mol. The van der Waals surface area contributed by atoms with E-state index in [0.29, 0.717) is 6.42 Å². The van der Waals surface area contributed by atoms with E-state index in [2.05, 4.69) is 10.0 Å². The maximum absolute atomic E-state index is 12.7. The van der Waals surface area contributed by atoms with Gasteiger partial charge < -0.3 is 10.1 Å². The standard InChI is InChI=1S/C18H21ClN2O4S/c1-4-17(12-5-8-14(25-2)9-6-12)20-18(22)15-11-13(7-10-16(15)19)21-26(3,23)24/h5-11,17,21H,4H2,1-3H3,(H,20,22)/t17-/m1/s1. The molecular formula is C18H21ClN2O4S. The lowest BCUT2D eigenvalue weighted by molar-refractivity contribution is 0.0935. The first-order valence-electron chi connectivity index (χ1n) is 7.95. The highest BCUT2D eigenvalue weighted by Crippen LogP contribution is 2.24. The topological polar surface area (TPSA) is 84.5 Å². The largest absolute Gasteiger partial charge is 0.497 e. The lowest BCUT2D eigenvalue weighted by atomic mass is 10.0. The van der Waals surface area contributed by atoms with Gasteiger partial charge in [-0.3, -0.25) is 9.52 Å². The normalized spacial score (nSPS) is 12.3. The fourth-order valence-corrected chi connectivity index (χ4v) is 3.23. The molecule has 1 atom stereocenters.